The van der Waals surface area contributed by atoms with Gasteiger partial charge in [0.1, 0.15) is 10.6 Å². The summed E-state index contributed by atoms with van der Waals surface area (Å²) in [5, 5.41) is 0. The first-order chi connectivity index (χ1) is 11.4. The van der Waals surface area contributed by atoms with Crippen LogP contribution in [0, 0.1) is 13.8 Å². The van der Waals surface area contributed by atoms with Crippen molar-refractivity contribution in [2.75, 3.05) is 18.0 Å². The maximum atomic E-state index is 13.2. The van der Waals surface area contributed by atoms with Gasteiger partial charge >= 0.3 is 0 Å². The molecule has 3 rings (SSSR count). The summed E-state index contributed by atoms with van der Waals surface area (Å²) in [5.41, 5.74) is 2.69. The van der Waals surface area contributed by atoms with Crippen molar-refractivity contribution >= 4 is 21.5 Å². The van der Waals surface area contributed by atoms with Crippen molar-refractivity contribution < 1.29 is 17.9 Å². The van der Waals surface area contributed by atoms with E-state index in [2.05, 4.69) is 0 Å². The normalized spacial score (nSPS) is 14.5. The van der Waals surface area contributed by atoms with Gasteiger partial charge in [-0.25, -0.2) is 8.42 Å². The molecule has 24 heavy (non-hydrogen) atoms. The van der Waals surface area contributed by atoms with Crippen LogP contribution in [0.1, 0.15) is 27.9 Å². The van der Waals surface area contributed by atoms with E-state index in [-0.39, 0.29) is 23.6 Å². The first-order valence-electron chi connectivity index (χ1n) is 7.66. The van der Waals surface area contributed by atoms with Gasteiger partial charge in [-0.2, -0.15) is 0 Å². The molecule has 0 atom stereocenters. The number of sulfonamides is 1. The van der Waals surface area contributed by atoms with Crippen molar-refractivity contribution in [1.29, 1.82) is 0 Å². The van der Waals surface area contributed by atoms with Crippen molar-refractivity contribution in [2.45, 2.75) is 25.2 Å². The predicted molar refractivity (Wildman–Crippen MR) is 92.4 cm³/mol. The standard InChI is InChI=1S/C18H19NO4S/c1-12-10-17(23-3)18(11-13(12)2)24(21,22)19-9-8-16(20)14-6-4-5-7-15(14)19/h4-7,10-11H,8-9H2,1-3H3. The molecule has 0 amide bonds. The summed E-state index contributed by atoms with van der Waals surface area (Å²) in [6.45, 7) is 3.90. The molecule has 0 aliphatic carbocycles. The number of nitrogens with zero attached hydrogens (tertiary/aromatic N) is 1. The van der Waals surface area contributed by atoms with E-state index in [1.807, 2.05) is 13.8 Å². The molecule has 0 saturated heterocycles. The number of benzene rings is 2. The summed E-state index contributed by atoms with van der Waals surface area (Å²) in [5.74, 6) is 0.275. The summed E-state index contributed by atoms with van der Waals surface area (Å²) in [4.78, 5) is 12.2. The van der Waals surface area contributed by atoms with E-state index >= 15 is 0 Å². The fourth-order valence-corrected chi connectivity index (χ4v) is 4.59. The molecule has 1 aliphatic heterocycles. The topological polar surface area (TPSA) is 63.7 Å². The second-order valence-electron chi connectivity index (χ2n) is 5.85. The molecule has 1 aliphatic rings. The van der Waals surface area contributed by atoms with Crippen LogP contribution >= 0.6 is 0 Å². The largest absolute Gasteiger partial charge is 0.495 e. The monoisotopic (exact) mass is 345 g/mol. The summed E-state index contributed by atoms with van der Waals surface area (Å²) < 4.78 is 33.1. The molecule has 126 valence electrons. The molecule has 1 heterocycles. The molecular weight excluding hydrogens is 326 g/mol. The molecular formula is C18H19NO4S. The van der Waals surface area contributed by atoms with Gasteiger partial charge in [0, 0.05) is 18.5 Å². The van der Waals surface area contributed by atoms with Crippen molar-refractivity contribution in [1.82, 2.24) is 0 Å². The number of carbonyl (C=O) groups is 1. The van der Waals surface area contributed by atoms with Gasteiger partial charge in [0.25, 0.3) is 10.0 Å². The summed E-state index contributed by atoms with van der Waals surface area (Å²) >= 11 is 0. The van der Waals surface area contributed by atoms with Crippen LogP contribution in [0.5, 0.6) is 5.75 Å². The number of anilines is 1. The third kappa shape index (κ3) is 2.57. The molecule has 2 aromatic rings. The molecule has 6 heteroatoms. The van der Waals surface area contributed by atoms with Crippen LogP contribution < -0.4 is 9.04 Å². The van der Waals surface area contributed by atoms with Gasteiger partial charge in [-0.15, -0.1) is 0 Å². The highest BCUT2D eigenvalue weighted by molar-refractivity contribution is 7.93. The number of carbonyl (C=O) groups excluding carboxylic acids is 1. The number of para-hydroxylation sites is 1. The second-order valence-corrected chi connectivity index (χ2v) is 7.69. The van der Waals surface area contributed by atoms with Gasteiger partial charge in [0.15, 0.2) is 5.78 Å². The number of hydrogen-bond acceptors (Lipinski definition) is 4. The SMILES string of the molecule is COc1cc(C)c(C)cc1S(=O)(=O)N1CCC(=O)c2ccccc21. The molecule has 0 aromatic heterocycles. The summed E-state index contributed by atoms with van der Waals surface area (Å²) in [6, 6.07) is 10.2. The van der Waals surface area contributed by atoms with Crippen molar-refractivity contribution in [2.24, 2.45) is 0 Å². The Morgan fingerprint density at radius 2 is 1.75 bits per heavy atom. The first-order valence-corrected chi connectivity index (χ1v) is 9.10. The number of fused-ring (bicyclic) bond motifs is 1. The Morgan fingerprint density at radius 1 is 1.08 bits per heavy atom. The number of hydrogen-bond donors (Lipinski definition) is 0. The maximum absolute atomic E-state index is 13.2. The van der Waals surface area contributed by atoms with Gasteiger partial charge in [-0.3, -0.25) is 9.10 Å². The lowest BCUT2D eigenvalue weighted by Gasteiger charge is -2.30. The Balaban J connectivity index is 2.18. The average molecular weight is 345 g/mol. The third-order valence-corrected chi connectivity index (χ3v) is 6.20. The van der Waals surface area contributed by atoms with Crippen LogP contribution in [-0.4, -0.2) is 27.9 Å². The molecule has 0 unspecified atom stereocenters. The van der Waals surface area contributed by atoms with Gasteiger partial charge < -0.3 is 4.74 Å². The second kappa shape index (κ2) is 5.94. The zero-order valence-corrected chi connectivity index (χ0v) is 14.7. The molecule has 2 aromatic carbocycles. The number of methoxy groups -OCH3 is 1. The fourth-order valence-electron chi connectivity index (χ4n) is 2.88. The van der Waals surface area contributed by atoms with Gasteiger partial charge in [-0.05, 0) is 49.2 Å². The Hall–Kier alpha value is -2.34. The number of ketones is 1. The van der Waals surface area contributed by atoms with E-state index in [4.69, 9.17) is 4.74 Å². The lowest BCUT2D eigenvalue weighted by Crippen LogP contribution is -2.37. The van der Waals surface area contributed by atoms with E-state index in [1.165, 1.54) is 11.4 Å². The average Bonchev–Trinajstić information content (AvgIpc) is 2.57. The van der Waals surface area contributed by atoms with Crippen molar-refractivity contribution in [3.63, 3.8) is 0 Å². The highest BCUT2D eigenvalue weighted by atomic mass is 32.2. The summed E-state index contributed by atoms with van der Waals surface area (Å²) in [6.07, 6.45) is 0.170. The van der Waals surface area contributed by atoms with E-state index in [0.29, 0.717) is 17.0 Å². The number of Topliss-reactive ketones (excluding diaryl/α,β-unsaturated/α-hetero) is 1. The van der Waals surface area contributed by atoms with Crippen molar-refractivity contribution in [3.8, 4) is 5.75 Å². The molecule has 0 radical (unpaired) electrons. The molecule has 0 N–H and O–H groups in total. The molecule has 0 fully saturated rings. The zero-order valence-electron chi connectivity index (χ0n) is 13.9. The van der Waals surface area contributed by atoms with Gasteiger partial charge in [-0.1, -0.05) is 12.1 Å². The lowest BCUT2D eigenvalue weighted by atomic mass is 10.0. The minimum atomic E-state index is -3.82. The van der Waals surface area contributed by atoms with Crippen molar-refractivity contribution in [3.05, 3.63) is 53.1 Å². The van der Waals surface area contributed by atoms with Crippen LogP contribution in [0.25, 0.3) is 0 Å². The minimum Gasteiger partial charge on any atom is -0.495 e. The Labute approximate surface area is 141 Å². The zero-order chi connectivity index (χ0) is 17.5. The number of aryl methyl sites for hydroxylation is 2. The quantitative estimate of drug-likeness (QED) is 0.857. The minimum absolute atomic E-state index is 0.0379. The van der Waals surface area contributed by atoms with E-state index in [9.17, 15) is 13.2 Å². The Kier molecular flexibility index (Phi) is 4.09. The van der Waals surface area contributed by atoms with Crippen LogP contribution in [0.15, 0.2) is 41.3 Å². The Morgan fingerprint density at radius 3 is 2.46 bits per heavy atom. The first kappa shape index (κ1) is 16.5. The molecule has 0 bridgehead atoms. The van der Waals surface area contributed by atoms with Crippen LogP contribution in [-0.2, 0) is 10.0 Å². The van der Waals surface area contributed by atoms with Gasteiger partial charge in [0.05, 0.1) is 12.8 Å². The third-order valence-electron chi connectivity index (χ3n) is 4.36. The molecule has 5 nitrogen and oxygen atoms in total. The Bertz CT molecular complexity index is 919. The lowest BCUT2D eigenvalue weighted by molar-refractivity contribution is 0.0982. The highest BCUT2D eigenvalue weighted by Gasteiger charge is 2.34. The smallest absolute Gasteiger partial charge is 0.268 e. The maximum Gasteiger partial charge on any atom is 0.268 e. The molecule has 0 spiro atoms. The van der Waals surface area contributed by atoms with Gasteiger partial charge in [0.2, 0.25) is 0 Å². The van der Waals surface area contributed by atoms with E-state index < -0.39 is 10.0 Å². The van der Waals surface area contributed by atoms with Crippen LogP contribution in [0.4, 0.5) is 5.69 Å². The number of rotatable bonds is 3. The van der Waals surface area contributed by atoms with Crippen LogP contribution in [0.3, 0.4) is 0 Å². The predicted octanol–water partition coefficient (Wildman–Crippen LogP) is 3.09. The molecule has 0 saturated carbocycles. The number of ether oxygens (including phenoxy) is 1. The highest BCUT2D eigenvalue weighted by Crippen LogP contribution is 2.35. The summed E-state index contributed by atoms with van der Waals surface area (Å²) in [7, 11) is -2.37. The van der Waals surface area contributed by atoms with E-state index in [1.54, 1.807) is 36.4 Å². The van der Waals surface area contributed by atoms with E-state index in [0.717, 1.165) is 11.1 Å². The van der Waals surface area contributed by atoms with Crippen LogP contribution in [0.2, 0.25) is 0 Å². The fraction of sp³-hybridized carbons (Fsp3) is 0.278.